The Balaban J connectivity index is 1.73. The van der Waals surface area contributed by atoms with Crippen LogP contribution in [0.1, 0.15) is 11.1 Å². The predicted octanol–water partition coefficient (Wildman–Crippen LogP) is 5.38. The molecular weight excluding hydrogens is 556 g/mol. The number of non-ortho nitro benzene ring substituents is 1. The van der Waals surface area contributed by atoms with E-state index in [2.05, 4.69) is 31.9 Å². The SMILES string of the molecule is COCCN1C(=O)S/C(=C/c2cc(Br)c(OCc3ccc([N+](=O)[O-])cc3)c(Br)c2)C1=O. The fourth-order valence-corrected chi connectivity index (χ4v) is 5.01. The van der Waals surface area contributed by atoms with Gasteiger partial charge in [0.05, 0.1) is 31.9 Å². The molecule has 31 heavy (non-hydrogen) atoms. The summed E-state index contributed by atoms with van der Waals surface area (Å²) < 4.78 is 12.1. The molecule has 0 radical (unpaired) electrons. The number of hydrogen-bond acceptors (Lipinski definition) is 7. The van der Waals surface area contributed by atoms with Crippen LogP contribution in [0.2, 0.25) is 0 Å². The van der Waals surface area contributed by atoms with Crippen LogP contribution in [-0.2, 0) is 16.1 Å². The number of nitro groups is 1. The van der Waals surface area contributed by atoms with Crippen molar-refractivity contribution >= 4 is 66.5 Å². The molecule has 0 N–H and O–H groups in total. The van der Waals surface area contributed by atoms with Crippen LogP contribution in [0.15, 0.2) is 50.2 Å². The van der Waals surface area contributed by atoms with Gasteiger partial charge in [-0.2, -0.15) is 0 Å². The number of ether oxygens (including phenoxy) is 2. The van der Waals surface area contributed by atoms with E-state index in [1.54, 1.807) is 30.3 Å². The van der Waals surface area contributed by atoms with Crippen molar-refractivity contribution in [3.05, 3.63) is 71.5 Å². The Morgan fingerprint density at radius 2 is 1.81 bits per heavy atom. The molecule has 0 atom stereocenters. The second kappa shape index (κ2) is 10.4. The summed E-state index contributed by atoms with van der Waals surface area (Å²) in [6.07, 6.45) is 1.65. The summed E-state index contributed by atoms with van der Waals surface area (Å²) in [6, 6.07) is 9.66. The first kappa shape index (κ1) is 23.5. The summed E-state index contributed by atoms with van der Waals surface area (Å²) in [6.45, 7) is 0.706. The molecule has 3 rings (SSSR count). The van der Waals surface area contributed by atoms with Gasteiger partial charge in [0.1, 0.15) is 12.4 Å². The Morgan fingerprint density at radius 3 is 2.39 bits per heavy atom. The number of carbonyl (C=O) groups excluding carboxylic acids is 2. The number of imide groups is 1. The molecule has 0 saturated carbocycles. The fourth-order valence-electron chi connectivity index (χ4n) is 2.70. The van der Waals surface area contributed by atoms with Gasteiger partial charge >= 0.3 is 0 Å². The monoisotopic (exact) mass is 570 g/mol. The van der Waals surface area contributed by atoms with Crippen molar-refractivity contribution in [1.29, 1.82) is 0 Å². The molecule has 1 heterocycles. The van der Waals surface area contributed by atoms with Crippen molar-refractivity contribution in [2.45, 2.75) is 6.61 Å². The van der Waals surface area contributed by atoms with Crippen LogP contribution in [0.3, 0.4) is 0 Å². The van der Waals surface area contributed by atoms with Gasteiger partial charge in [-0.05, 0) is 85.1 Å². The van der Waals surface area contributed by atoms with Crippen LogP contribution in [0.25, 0.3) is 6.08 Å². The highest BCUT2D eigenvalue weighted by molar-refractivity contribution is 9.11. The maximum absolute atomic E-state index is 12.5. The topological polar surface area (TPSA) is 99.0 Å². The first-order valence-electron chi connectivity index (χ1n) is 8.89. The zero-order valence-corrected chi connectivity index (χ0v) is 20.2. The number of methoxy groups -OCH3 is 1. The number of nitrogens with zero attached hydrogens (tertiary/aromatic N) is 2. The van der Waals surface area contributed by atoms with Crippen LogP contribution in [-0.4, -0.2) is 41.2 Å². The molecule has 0 unspecified atom stereocenters. The van der Waals surface area contributed by atoms with Gasteiger partial charge in [0.15, 0.2) is 0 Å². The summed E-state index contributed by atoms with van der Waals surface area (Å²) in [5, 5.41) is 10.4. The average molecular weight is 572 g/mol. The lowest BCUT2D eigenvalue weighted by molar-refractivity contribution is -0.384. The summed E-state index contributed by atoms with van der Waals surface area (Å²) in [7, 11) is 1.51. The minimum atomic E-state index is -0.456. The maximum Gasteiger partial charge on any atom is 0.293 e. The number of halogens is 2. The summed E-state index contributed by atoms with van der Waals surface area (Å²) in [5.41, 5.74) is 1.50. The Morgan fingerprint density at radius 1 is 1.16 bits per heavy atom. The highest BCUT2D eigenvalue weighted by Gasteiger charge is 2.34. The smallest absolute Gasteiger partial charge is 0.293 e. The lowest BCUT2D eigenvalue weighted by atomic mass is 10.2. The van der Waals surface area contributed by atoms with Crippen molar-refractivity contribution in [3.63, 3.8) is 0 Å². The van der Waals surface area contributed by atoms with Gasteiger partial charge < -0.3 is 9.47 Å². The van der Waals surface area contributed by atoms with Crippen LogP contribution in [0.4, 0.5) is 10.5 Å². The number of rotatable bonds is 8. The van der Waals surface area contributed by atoms with E-state index < -0.39 is 4.92 Å². The van der Waals surface area contributed by atoms with Gasteiger partial charge in [-0.3, -0.25) is 24.6 Å². The number of hydrogen-bond donors (Lipinski definition) is 0. The van der Waals surface area contributed by atoms with Crippen LogP contribution in [0, 0.1) is 10.1 Å². The van der Waals surface area contributed by atoms with Crippen molar-refractivity contribution < 1.29 is 24.0 Å². The van der Waals surface area contributed by atoms with Crippen LogP contribution >= 0.6 is 43.6 Å². The molecule has 8 nitrogen and oxygen atoms in total. The number of thioether (sulfide) groups is 1. The second-order valence-electron chi connectivity index (χ2n) is 6.35. The van der Waals surface area contributed by atoms with E-state index in [4.69, 9.17) is 9.47 Å². The van der Waals surface area contributed by atoms with Crippen LogP contribution in [0.5, 0.6) is 5.75 Å². The first-order chi connectivity index (χ1) is 14.8. The van der Waals surface area contributed by atoms with E-state index >= 15 is 0 Å². The zero-order valence-electron chi connectivity index (χ0n) is 16.2. The number of carbonyl (C=O) groups is 2. The van der Waals surface area contributed by atoms with E-state index in [9.17, 15) is 19.7 Å². The Labute approximate surface area is 199 Å². The molecule has 0 bridgehead atoms. The molecule has 2 amide bonds. The molecule has 2 aromatic rings. The first-order valence-corrected chi connectivity index (χ1v) is 11.3. The molecule has 1 fully saturated rings. The van der Waals surface area contributed by atoms with E-state index in [1.807, 2.05) is 0 Å². The zero-order chi connectivity index (χ0) is 22.5. The quantitative estimate of drug-likeness (QED) is 0.238. The van der Waals surface area contributed by atoms with Gasteiger partial charge in [0.25, 0.3) is 16.8 Å². The van der Waals surface area contributed by atoms with Gasteiger partial charge in [-0.1, -0.05) is 0 Å². The van der Waals surface area contributed by atoms with Gasteiger partial charge in [0, 0.05) is 19.2 Å². The largest absolute Gasteiger partial charge is 0.487 e. The molecule has 1 aliphatic rings. The standard InChI is InChI=1S/C20H16Br2N2O6S/c1-29-7-6-23-19(25)17(31-20(23)26)10-13-8-15(21)18(16(22)9-13)30-11-12-2-4-14(5-3-12)24(27)28/h2-5,8-10H,6-7,11H2,1H3/b17-10+. The van der Waals surface area contributed by atoms with E-state index in [0.717, 1.165) is 22.2 Å². The van der Waals surface area contributed by atoms with Crippen LogP contribution < -0.4 is 4.74 Å². The molecular formula is C20H16Br2N2O6S. The van der Waals surface area contributed by atoms with Crippen molar-refractivity contribution in [3.8, 4) is 5.75 Å². The summed E-state index contributed by atoms with van der Waals surface area (Å²) in [4.78, 5) is 36.3. The lowest BCUT2D eigenvalue weighted by Gasteiger charge is -2.12. The Hall–Kier alpha value is -2.21. The second-order valence-corrected chi connectivity index (χ2v) is 9.05. The van der Waals surface area contributed by atoms with E-state index in [-0.39, 0.29) is 36.6 Å². The van der Waals surface area contributed by atoms with Gasteiger partial charge in [-0.15, -0.1) is 0 Å². The number of nitro benzene ring substituents is 1. The highest BCUT2D eigenvalue weighted by Crippen LogP contribution is 2.38. The minimum Gasteiger partial charge on any atom is -0.487 e. The minimum absolute atomic E-state index is 0.0158. The predicted molar refractivity (Wildman–Crippen MR) is 124 cm³/mol. The summed E-state index contributed by atoms with van der Waals surface area (Å²) in [5.74, 6) is 0.196. The van der Waals surface area contributed by atoms with E-state index in [0.29, 0.717) is 25.2 Å². The maximum atomic E-state index is 12.5. The number of amides is 2. The number of benzene rings is 2. The molecule has 162 valence electrons. The van der Waals surface area contributed by atoms with Crippen molar-refractivity contribution in [2.75, 3.05) is 20.3 Å². The normalized spacial score (nSPS) is 15.1. The molecule has 0 aromatic heterocycles. The lowest BCUT2D eigenvalue weighted by Crippen LogP contribution is -2.31. The highest BCUT2D eigenvalue weighted by atomic mass is 79.9. The molecule has 0 spiro atoms. The van der Waals surface area contributed by atoms with Gasteiger partial charge in [-0.25, -0.2) is 0 Å². The third-order valence-corrected chi connectivity index (χ3v) is 6.33. The van der Waals surface area contributed by atoms with E-state index in [1.165, 1.54) is 19.2 Å². The molecule has 2 aromatic carbocycles. The molecule has 0 aliphatic carbocycles. The molecule has 1 saturated heterocycles. The average Bonchev–Trinajstić information content (AvgIpc) is 2.98. The summed E-state index contributed by atoms with van der Waals surface area (Å²) >= 11 is 7.82. The van der Waals surface area contributed by atoms with Crippen molar-refractivity contribution in [1.82, 2.24) is 4.90 Å². The Kier molecular flexibility index (Phi) is 7.87. The molecule has 1 aliphatic heterocycles. The molecule has 11 heteroatoms. The Bertz CT molecular complexity index is 1040. The van der Waals surface area contributed by atoms with Gasteiger partial charge in [0.2, 0.25) is 0 Å². The fraction of sp³-hybridized carbons (Fsp3) is 0.200. The van der Waals surface area contributed by atoms with Crippen molar-refractivity contribution in [2.24, 2.45) is 0 Å². The third kappa shape index (κ3) is 5.73. The third-order valence-electron chi connectivity index (χ3n) is 4.24.